The molecule has 0 radical (unpaired) electrons. The van der Waals surface area contributed by atoms with E-state index < -0.39 is 0 Å². The smallest absolute Gasteiger partial charge is 0.260 e. The van der Waals surface area contributed by atoms with Crippen molar-refractivity contribution in [2.24, 2.45) is 17.8 Å². The van der Waals surface area contributed by atoms with Crippen LogP contribution in [0.3, 0.4) is 0 Å². The van der Waals surface area contributed by atoms with Gasteiger partial charge in [0.2, 0.25) is 0 Å². The van der Waals surface area contributed by atoms with E-state index in [1.165, 1.54) is 70.8 Å². The number of H-pyrrole nitrogens is 1. The average molecular weight is 423 g/mol. The molecule has 4 aliphatic rings. The van der Waals surface area contributed by atoms with E-state index in [0.29, 0.717) is 16.7 Å². The first-order valence-corrected chi connectivity index (χ1v) is 12.6. The monoisotopic (exact) mass is 422 g/mol. The van der Waals surface area contributed by atoms with Crippen LogP contribution in [0.4, 0.5) is 5.69 Å². The van der Waals surface area contributed by atoms with Crippen LogP contribution in [0.1, 0.15) is 76.5 Å². The van der Waals surface area contributed by atoms with E-state index in [1.54, 1.807) is 0 Å². The summed E-state index contributed by atoms with van der Waals surface area (Å²) in [5, 5.41) is 8.15. The van der Waals surface area contributed by atoms with Gasteiger partial charge in [0.25, 0.3) is 5.56 Å². The molecule has 2 aromatic rings. The zero-order chi connectivity index (χ0) is 21.3. The maximum absolute atomic E-state index is 12.3. The van der Waals surface area contributed by atoms with E-state index in [0.717, 1.165) is 41.9 Å². The highest BCUT2D eigenvalue weighted by Crippen LogP contribution is 2.55. The predicted octanol–water partition coefficient (Wildman–Crippen LogP) is 5.15. The van der Waals surface area contributed by atoms with Crippen LogP contribution in [0.5, 0.6) is 0 Å². The van der Waals surface area contributed by atoms with Crippen LogP contribution in [0, 0.1) is 24.7 Å². The number of anilines is 1. The van der Waals surface area contributed by atoms with Crippen molar-refractivity contribution in [3.05, 3.63) is 34.4 Å². The highest BCUT2D eigenvalue weighted by atomic mass is 16.1. The molecule has 3 N–H and O–H groups in total. The minimum atomic E-state index is -0.0582. The molecule has 0 spiro atoms. The first kappa shape index (κ1) is 21.0. The lowest BCUT2D eigenvalue weighted by molar-refractivity contribution is -0.0196. The van der Waals surface area contributed by atoms with Gasteiger partial charge in [0.15, 0.2) is 0 Å². The lowest BCUT2D eigenvalue weighted by atomic mass is 9.53. The summed E-state index contributed by atoms with van der Waals surface area (Å²) < 4.78 is 0. The van der Waals surface area contributed by atoms with Gasteiger partial charge in [-0.15, -0.1) is 0 Å². The van der Waals surface area contributed by atoms with Crippen molar-refractivity contribution < 1.29 is 0 Å². The van der Waals surface area contributed by atoms with Crippen molar-refractivity contribution in [2.45, 2.75) is 83.1 Å². The molecule has 168 valence electrons. The molecule has 0 aliphatic heterocycles. The van der Waals surface area contributed by atoms with Crippen molar-refractivity contribution in [1.29, 1.82) is 0 Å². The summed E-state index contributed by atoms with van der Waals surface area (Å²) >= 11 is 0. The standard InChI is InChI=1S/C26H38N4O/c1-18-29-23-9-7-8-22(24(23)25(31)30-18)27-10-5-3-2-4-6-11-28-26-15-19-12-20(16-26)14-21(13-19)17-26/h7-9,19-21,27-28H,2-6,10-17H2,1H3,(H,29,30,31). The highest BCUT2D eigenvalue weighted by molar-refractivity contribution is 5.90. The first-order chi connectivity index (χ1) is 15.1. The fourth-order valence-corrected chi connectivity index (χ4v) is 7.14. The molecular weight excluding hydrogens is 384 g/mol. The Morgan fingerprint density at radius 1 is 0.968 bits per heavy atom. The van der Waals surface area contributed by atoms with Crippen molar-refractivity contribution in [3.8, 4) is 0 Å². The Bertz CT molecular complexity index is 930. The van der Waals surface area contributed by atoms with Crippen LogP contribution < -0.4 is 16.2 Å². The van der Waals surface area contributed by atoms with E-state index >= 15 is 0 Å². The van der Waals surface area contributed by atoms with Crippen molar-refractivity contribution >= 4 is 16.6 Å². The number of unbranched alkanes of at least 4 members (excludes halogenated alkanes) is 4. The summed E-state index contributed by atoms with van der Waals surface area (Å²) in [5.74, 6) is 3.75. The molecule has 5 heteroatoms. The summed E-state index contributed by atoms with van der Waals surface area (Å²) in [4.78, 5) is 19.6. The number of aromatic amines is 1. The molecule has 1 heterocycles. The number of hydrogen-bond acceptors (Lipinski definition) is 4. The second-order valence-corrected chi connectivity index (χ2v) is 10.7. The third kappa shape index (κ3) is 4.67. The van der Waals surface area contributed by atoms with Crippen LogP contribution in [0.25, 0.3) is 10.9 Å². The molecule has 1 aromatic carbocycles. The van der Waals surface area contributed by atoms with Gasteiger partial charge in [0, 0.05) is 17.8 Å². The Morgan fingerprint density at radius 3 is 2.32 bits per heavy atom. The van der Waals surface area contributed by atoms with Gasteiger partial charge in [-0.05, 0) is 94.7 Å². The Labute approximate surface area is 185 Å². The molecule has 4 fully saturated rings. The molecule has 4 bridgehead atoms. The number of hydrogen-bond donors (Lipinski definition) is 3. The van der Waals surface area contributed by atoms with Gasteiger partial charge in [-0.1, -0.05) is 25.3 Å². The van der Waals surface area contributed by atoms with Crippen LogP contribution >= 0.6 is 0 Å². The number of aryl methyl sites for hydroxylation is 1. The second kappa shape index (κ2) is 8.93. The number of benzene rings is 1. The molecule has 1 aromatic heterocycles. The quantitative estimate of drug-likeness (QED) is 0.463. The Morgan fingerprint density at radius 2 is 1.61 bits per heavy atom. The van der Waals surface area contributed by atoms with Gasteiger partial charge in [-0.25, -0.2) is 4.98 Å². The van der Waals surface area contributed by atoms with E-state index in [9.17, 15) is 4.79 Å². The normalized spacial score (nSPS) is 29.0. The fraction of sp³-hybridized carbons (Fsp3) is 0.692. The van der Waals surface area contributed by atoms with Crippen molar-refractivity contribution in [3.63, 3.8) is 0 Å². The summed E-state index contributed by atoms with van der Waals surface area (Å²) in [6.45, 7) is 3.92. The second-order valence-electron chi connectivity index (χ2n) is 10.7. The SMILES string of the molecule is Cc1nc2cccc(NCCCCCCCNC34CC5CC(CC(C5)C3)C4)c2c(=O)[nH]1. The predicted molar refractivity (Wildman–Crippen MR) is 128 cm³/mol. The van der Waals surface area contributed by atoms with Gasteiger partial charge >= 0.3 is 0 Å². The number of fused-ring (bicyclic) bond motifs is 1. The largest absolute Gasteiger partial charge is 0.384 e. The molecule has 0 amide bonds. The third-order valence-electron chi connectivity index (χ3n) is 8.06. The van der Waals surface area contributed by atoms with E-state index in [4.69, 9.17) is 0 Å². The molecule has 0 saturated heterocycles. The lowest BCUT2D eigenvalue weighted by Crippen LogP contribution is -2.58. The zero-order valence-electron chi connectivity index (χ0n) is 19.0. The first-order valence-electron chi connectivity index (χ1n) is 12.6. The number of aromatic nitrogens is 2. The van der Waals surface area contributed by atoms with Crippen LogP contribution in [0.15, 0.2) is 23.0 Å². The topological polar surface area (TPSA) is 69.8 Å². The van der Waals surface area contributed by atoms with Gasteiger partial charge < -0.3 is 15.6 Å². The molecule has 4 saturated carbocycles. The summed E-state index contributed by atoms with van der Waals surface area (Å²) in [6.07, 6.45) is 15.2. The summed E-state index contributed by atoms with van der Waals surface area (Å²) in [5.41, 5.74) is 2.11. The number of rotatable bonds is 10. The maximum Gasteiger partial charge on any atom is 0.260 e. The third-order valence-corrected chi connectivity index (χ3v) is 8.06. The molecule has 0 atom stereocenters. The number of nitrogens with one attached hydrogen (secondary N) is 3. The molecular formula is C26H38N4O. The van der Waals surface area contributed by atoms with Crippen LogP contribution in [-0.2, 0) is 0 Å². The van der Waals surface area contributed by atoms with Crippen molar-refractivity contribution in [1.82, 2.24) is 15.3 Å². The van der Waals surface area contributed by atoms with Gasteiger partial charge in [0.05, 0.1) is 10.9 Å². The van der Waals surface area contributed by atoms with Crippen molar-refractivity contribution in [2.75, 3.05) is 18.4 Å². The maximum atomic E-state index is 12.3. The number of nitrogens with zero attached hydrogens (tertiary/aromatic N) is 1. The van der Waals surface area contributed by atoms with Crippen LogP contribution in [0.2, 0.25) is 0 Å². The van der Waals surface area contributed by atoms with E-state index in [-0.39, 0.29) is 5.56 Å². The minimum absolute atomic E-state index is 0.0582. The molecule has 4 aliphatic carbocycles. The average Bonchev–Trinajstić information content (AvgIpc) is 2.71. The molecule has 0 unspecified atom stereocenters. The summed E-state index contributed by atoms with van der Waals surface area (Å²) in [7, 11) is 0. The zero-order valence-corrected chi connectivity index (χ0v) is 19.0. The fourth-order valence-electron chi connectivity index (χ4n) is 7.14. The Kier molecular flexibility index (Phi) is 6.05. The van der Waals surface area contributed by atoms with Crippen LogP contribution in [-0.4, -0.2) is 28.6 Å². The molecule has 31 heavy (non-hydrogen) atoms. The van der Waals surface area contributed by atoms with Gasteiger partial charge in [0.1, 0.15) is 5.82 Å². The minimum Gasteiger partial charge on any atom is -0.384 e. The summed E-state index contributed by atoms with van der Waals surface area (Å²) in [6, 6.07) is 5.85. The molecule has 5 nitrogen and oxygen atoms in total. The van der Waals surface area contributed by atoms with E-state index in [1.807, 2.05) is 25.1 Å². The lowest BCUT2D eigenvalue weighted by Gasteiger charge is -2.57. The molecule has 6 rings (SSSR count). The van der Waals surface area contributed by atoms with Gasteiger partial charge in [-0.2, -0.15) is 0 Å². The Balaban J connectivity index is 0.987. The van der Waals surface area contributed by atoms with Gasteiger partial charge in [-0.3, -0.25) is 4.79 Å². The highest BCUT2D eigenvalue weighted by Gasteiger charge is 2.50. The van der Waals surface area contributed by atoms with E-state index in [2.05, 4.69) is 20.6 Å². The Hall–Kier alpha value is -1.88.